The maximum absolute atomic E-state index is 16.1. The molecule has 0 radical (unpaired) electrons. The number of allylic oxidation sites excluding steroid dienone is 18. The molecule has 3 nitrogen and oxygen atoms in total. The maximum atomic E-state index is 16.1. The summed E-state index contributed by atoms with van der Waals surface area (Å²) in [4.78, 5) is 16.1. The highest BCUT2D eigenvalue weighted by atomic mass is 16.5. The standard InChI is InChI=1S/C80H86O3/c1-52-21-11-14-32-64(52)72-47-61(48-74-77(72)68-34-15-17-37-73(68)80(74,62-28-7-3-8-29-62)63-30-9-4-10-31-63)65-35-20-36-67(78(65)79(81)82-51-53-22-5-2-6-23-53)70-50-76-71(66-33-16-18-38-75(66)83-76)49-69(70)60-27-19-26-58(46-60)55-39-41-56(42-40-55)59-44-43-54-24-12-13-25-57(54)45-59/h2-9,12,14-19,22-24,26,28-29,32-35,37-39,45-47,52,54,56-57,60,63-64,67,71-72,74,76-78H,10-11,13,20-21,25,27,30-31,36,40-44,48-51H2,1H3. The Balaban J connectivity index is 0.841. The molecule has 0 amide bonds. The number of fused-ring (bicyclic) bond motifs is 7. The van der Waals surface area contributed by atoms with Gasteiger partial charge in [-0.2, -0.15) is 0 Å². The molecule has 0 fully saturated rings. The van der Waals surface area contributed by atoms with Crippen molar-refractivity contribution >= 4 is 5.97 Å². The van der Waals surface area contributed by atoms with Gasteiger partial charge in [0, 0.05) is 29.2 Å². The second-order valence-electron chi connectivity index (χ2n) is 27.3. The van der Waals surface area contributed by atoms with E-state index in [1.165, 1.54) is 83.9 Å². The molecule has 83 heavy (non-hydrogen) atoms. The third-order valence-corrected chi connectivity index (χ3v) is 23.3. The fourth-order valence-corrected chi connectivity index (χ4v) is 19.4. The topological polar surface area (TPSA) is 35.5 Å². The fourth-order valence-electron chi connectivity index (χ4n) is 19.4. The molecule has 4 aromatic rings. The molecule has 11 aliphatic rings. The van der Waals surface area contributed by atoms with E-state index < -0.39 is 5.92 Å². The number of esters is 1. The van der Waals surface area contributed by atoms with Crippen LogP contribution in [0.5, 0.6) is 5.75 Å². The van der Waals surface area contributed by atoms with Gasteiger partial charge < -0.3 is 9.47 Å². The number of para-hydroxylation sites is 1. The molecule has 0 spiro atoms. The minimum absolute atomic E-state index is 0.00400. The zero-order valence-corrected chi connectivity index (χ0v) is 49.1. The van der Waals surface area contributed by atoms with E-state index in [1.54, 1.807) is 22.3 Å². The van der Waals surface area contributed by atoms with Crippen LogP contribution in [-0.2, 0) is 21.6 Å². The molecule has 15 unspecified atom stereocenters. The second kappa shape index (κ2) is 22.9. The average Bonchev–Trinajstić information content (AvgIpc) is 4.31. The van der Waals surface area contributed by atoms with Crippen LogP contribution in [0.15, 0.2) is 227 Å². The summed E-state index contributed by atoms with van der Waals surface area (Å²) < 4.78 is 13.9. The molecule has 4 aromatic carbocycles. The van der Waals surface area contributed by atoms with Crippen LogP contribution < -0.4 is 4.74 Å². The highest BCUT2D eigenvalue weighted by Gasteiger charge is 2.60. The summed E-state index contributed by atoms with van der Waals surface area (Å²) >= 11 is 0. The van der Waals surface area contributed by atoms with E-state index in [-0.39, 0.29) is 35.9 Å². The summed E-state index contributed by atoms with van der Waals surface area (Å²) in [6.07, 6.45) is 53.3. The van der Waals surface area contributed by atoms with E-state index in [4.69, 9.17) is 9.47 Å². The summed E-state index contributed by atoms with van der Waals surface area (Å²) in [6, 6.07) is 40.7. The Kier molecular flexibility index (Phi) is 14.7. The first-order chi connectivity index (χ1) is 41.0. The Morgan fingerprint density at radius 2 is 1.42 bits per heavy atom. The predicted octanol–water partition coefficient (Wildman–Crippen LogP) is 19.5. The van der Waals surface area contributed by atoms with Crippen molar-refractivity contribution in [2.45, 2.75) is 152 Å². The van der Waals surface area contributed by atoms with E-state index in [0.717, 1.165) is 93.8 Å². The molecule has 1 heterocycles. The molecular formula is C80H86O3. The summed E-state index contributed by atoms with van der Waals surface area (Å²) in [5, 5.41) is 0. The second-order valence-corrected chi connectivity index (χ2v) is 27.3. The molecule has 3 heteroatoms. The van der Waals surface area contributed by atoms with Crippen LogP contribution in [0.25, 0.3) is 0 Å². The van der Waals surface area contributed by atoms with E-state index in [1.807, 2.05) is 0 Å². The molecular weight excluding hydrogens is 1010 g/mol. The summed E-state index contributed by atoms with van der Waals surface area (Å²) in [5.41, 5.74) is 17.2. The average molecular weight is 1100 g/mol. The SMILES string of the molecule is CC1CCC=CC1C1C=C(C2=CCCC(C3=C(C4C=C(C5=CCC(C6=CC7CCC=CC7CC6)CC5)C=CC4)CC4c5ccccc5OC4C3)C2C(=O)OCc2ccccc2)CC2C1c1ccccc1C2(c1ccccc1)C1CC=CCC1. The fraction of sp³-hybridized carbons (Fsp3) is 0.438. The maximum Gasteiger partial charge on any atom is 0.314 e. The van der Waals surface area contributed by atoms with E-state index in [0.29, 0.717) is 47.3 Å². The van der Waals surface area contributed by atoms with Gasteiger partial charge in [0.25, 0.3) is 0 Å². The first-order valence-electron chi connectivity index (χ1n) is 33.0. The van der Waals surface area contributed by atoms with Gasteiger partial charge in [0.15, 0.2) is 0 Å². The lowest BCUT2D eigenvalue weighted by atomic mass is 9.53. The van der Waals surface area contributed by atoms with Gasteiger partial charge >= 0.3 is 5.97 Å². The molecule has 15 rings (SSSR count). The number of benzene rings is 4. The highest BCUT2D eigenvalue weighted by Crippen LogP contribution is 2.67. The van der Waals surface area contributed by atoms with E-state index in [2.05, 4.69) is 195 Å². The van der Waals surface area contributed by atoms with Crippen molar-refractivity contribution in [3.05, 3.63) is 255 Å². The smallest absolute Gasteiger partial charge is 0.314 e. The van der Waals surface area contributed by atoms with Crippen molar-refractivity contribution < 1.29 is 14.3 Å². The van der Waals surface area contributed by atoms with Crippen molar-refractivity contribution in [2.24, 2.45) is 65.1 Å². The van der Waals surface area contributed by atoms with Gasteiger partial charge in [-0.25, -0.2) is 0 Å². The third kappa shape index (κ3) is 9.67. The zero-order chi connectivity index (χ0) is 55.4. The van der Waals surface area contributed by atoms with Gasteiger partial charge in [0.1, 0.15) is 18.5 Å². The van der Waals surface area contributed by atoms with Crippen molar-refractivity contribution in [2.75, 3.05) is 0 Å². The first-order valence-corrected chi connectivity index (χ1v) is 33.0. The Morgan fingerprint density at radius 3 is 2.27 bits per heavy atom. The minimum atomic E-state index is -0.428. The van der Waals surface area contributed by atoms with Crippen molar-refractivity contribution in [1.82, 2.24) is 0 Å². The molecule has 0 N–H and O–H groups in total. The Hall–Kier alpha value is -6.45. The van der Waals surface area contributed by atoms with E-state index >= 15 is 4.79 Å². The molecule has 15 atom stereocenters. The van der Waals surface area contributed by atoms with E-state index in [9.17, 15) is 0 Å². The van der Waals surface area contributed by atoms with Crippen LogP contribution in [0.3, 0.4) is 0 Å². The van der Waals surface area contributed by atoms with Gasteiger partial charge in [0.05, 0.1) is 5.92 Å². The van der Waals surface area contributed by atoms with Crippen molar-refractivity contribution in [3.8, 4) is 5.75 Å². The molecule has 424 valence electrons. The van der Waals surface area contributed by atoms with Crippen LogP contribution >= 0.6 is 0 Å². The summed E-state index contributed by atoms with van der Waals surface area (Å²) in [6.45, 7) is 2.80. The van der Waals surface area contributed by atoms with Crippen molar-refractivity contribution in [1.29, 1.82) is 0 Å². The minimum Gasteiger partial charge on any atom is -0.489 e. The Morgan fingerprint density at radius 1 is 0.614 bits per heavy atom. The molecule has 0 saturated carbocycles. The third-order valence-electron chi connectivity index (χ3n) is 23.3. The first kappa shape index (κ1) is 53.3. The number of rotatable bonds is 11. The zero-order valence-electron chi connectivity index (χ0n) is 49.1. The predicted molar refractivity (Wildman–Crippen MR) is 337 cm³/mol. The molecule has 0 saturated heterocycles. The van der Waals surface area contributed by atoms with Crippen LogP contribution in [-0.4, -0.2) is 12.1 Å². The van der Waals surface area contributed by atoms with Gasteiger partial charge in [-0.15, -0.1) is 0 Å². The van der Waals surface area contributed by atoms with Crippen LogP contribution in [0.2, 0.25) is 0 Å². The highest BCUT2D eigenvalue weighted by molar-refractivity contribution is 5.79. The normalized spacial score (nSPS) is 35.0. The molecule has 0 bridgehead atoms. The lowest BCUT2D eigenvalue weighted by Gasteiger charge is -2.50. The molecule has 10 aliphatic carbocycles. The van der Waals surface area contributed by atoms with Gasteiger partial charge in [-0.05, 0) is 219 Å². The number of carbonyl (C=O) groups is 1. The van der Waals surface area contributed by atoms with Crippen LogP contribution in [0.1, 0.15) is 162 Å². The lowest BCUT2D eigenvalue weighted by molar-refractivity contribution is -0.150. The summed E-state index contributed by atoms with van der Waals surface area (Å²) in [7, 11) is 0. The quantitative estimate of drug-likeness (QED) is 0.111. The lowest BCUT2D eigenvalue weighted by Crippen LogP contribution is -2.45. The van der Waals surface area contributed by atoms with Crippen LogP contribution in [0, 0.1) is 65.1 Å². The number of carbonyl (C=O) groups excluding carboxylic acids is 1. The van der Waals surface area contributed by atoms with Gasteiger partial charge in [-0.3, -0.25) is 4.79 Å². The summed E-state index contributed by atoms with van der Waals surface area (Å²) in [5.74, 6) is 5.70. The van der Waals surface area contributed by atoms with Gasteiger partial charge in [-0.1, -0.05) is 206 Å². The number of hydrogen-bond donors (Lipinski definition) is 0. The van der Waals surface area contributed by atoms with Crippen LogP contribution in [0.4, 0.5) is 0 Å². The van der Waals surface area contributed by atoms with Gasteiger partial charge in [0.2, 0.25) is 0 Å². The number of ether oxygens (including phenoxy) is 2. The largest absolute Gasteiger partial charge is 0.489 e. The Labute approximate surface area is 495 Å². The molecule has 1 aliphatic heterocycles. The Bertz CT molecular complexity index is 3420. The molecule has 0 aromatic heterocycles. The monoisotopic (exact) mass is 1090 g/mol. The van der Waals surface area contributed by atoms with Crippen molar-refractivity contribution in [3.63, 3.8) is 0 Å². The number of hydrogen-bond acceptors (Lipinski definition) is 3.